The lowest BCUT2D eigenvalue weighted by atomic mass is 9.98. The van der Waals surface area contributed by atoms with Crippen LogP contribution in [0.15, 0.2) is 6.07 Å². The molecule has 0 radical (unpaired) electrons. The molecule has 1 aromatic rings. The standard InChI is InChI=1S/C14H18F4N2.2ClH/c1-2-3-11(20-6-4-19-5-7-20)12-13(17)9(15)8-10(16)14(12)18;;/h8,11,19H,2-7H2,1H3;2*1H/t11-;;/m0../s1. The van der Waals surface area contributed by atoms with Gasteiger partial charge in [0.1, 0.15) is 0 Å². The highest BCUT2D eigenvalue weighted by Crippen LogP contribution is 2.32. The maximum Gasteiger partial charge on any atom is 0.166 e. The zero-order valence-corrected chi connectivity index (χ0v) is 13.8. The molecule has 22 heavy (non-hydrogen) atoms. The van der Waals surface area contributed by atoms with E-state index in [0.717, 1.165) is 0 Å². The van der Waals surface area contributed by atoms with Crippen LogP contribution in [0.4, 0.5) is 17.6 Å². The maximum atomic E-state index is 13.9. The summed E-state index contributed by atoms with van der Waals surface area (Å²) in [6.45, 7) is 4.46. The van der Waals surface area contributed by atoms with E-state index in [0.29, 0.717) is 39.0 Å². The number of rotatable bonds is 4. The SMILES string of the molecule is CCC[C@@H](c1c(F)c(F)cc(F)c1F)N1CCNCC1.Cl.Cl. The molecule has 1 heterocycles. The third kappa shape index (κ3) is 4.47. The summed E-state index contributed by atoms with van der Waals surface area (Å²) in [5.41, 5.74) is -0.480. The molecule has 0 bridgehead atoms. The van der Waals surface area contributed by atoms with Crippen molar-refractivity contribution in [3.05, 3.63) is 34.9 Å². The van der Waals surface area contributed by atoms with Crippen molar-refractivity contribution >= 4 is 24.8 Å². The van der Waals surface area contributed by atoms with E-state index >= 15 is 0 Å². The number of halogens is 6. The van der Waals surface area contributed by atoms with Gasteiger partial charge in [-0.2, -0.15) is 0 Å². The minimum atomic E-state index is -1.34. The van der Waals surface area contributed by atoms with Crippen molar-refractivity contribution in [2.24, 2.45) is 0 Å². The van der Waals surface area contributed by atoms with Crippen LogP contribution < -0.4 is 5.32 Å². The first-order valence-electron chi connectivity index (χ1n) is 6.84. The van der Waals surface area contributed by atoms with Crippen molar-refractivity contribution < 1.29 is 17.6 Å². The number of hydrogen-bond donors (Lipinski definition) is 1. The van der Waals surface area contributed by atoms with E-state index in [9.17, 15) is 17.6 Å². The highest BCUT2D eigenvalue weighted by molar-refractivity contribution is 5.85. The summed E-state index contributed by atoms with van der Waals surface area (Å²) in [7, 11) is 0. The number of benzene rings is 1. The summed E-state index contributed by atoms with van der Waals surface area (Å²) in [4.78, 5) is 1.88. The summed E-state index contributed by atoms with van der Waals surface area (Å²) < 4.78 is 54.6. The molecule has 8 heteroatoms. The van der Waals surface area contributed by atoms with E-state index in [2.05, 4.69) is 5.32 Å². The Kier molecular flexibility index (Phi) is 9.31. The van der Waals surface area contributed by atoms with Gasteiger partial charge in [-0.1, -0.05) is 13.3 Å². The minimum Gasteiger partial charge on any atom is -0.314 e. The number of nitrogens with zero attached hydrogens (tertiary/aromatic N) is 1. The fourth-order valence-electron chi connectivity index (χ4n) is 2.66. The summed E-state index contributed by atoms with van der Waals surface area (Å²) in [6.07, 6.45) is 1.13. The number of hydrogen-bond acceptors (Lipinski definition) is 2. The van der Waals surface area contributed by atoms with Crippen LogP contribution in [0.25, 0.3) is 0 Å². The van der Waals surface area contributed by atoms with E-state index in [4.69, 9.17) is 0 Å². The molecule has 2 nitrogen and oxygen atoms in total. The van der Waals surface area contributed by atoms with Crippen LogP contribution in [0.2, 0.25) is 0 Å². The molecule has 0 amide bonds. The van der Waals surface area contributed by atoms with Crippen molar-refractivity contribution in [3.63, 3.8) is 0 Å². The van der Waals surface area contributed by atoms with Gasteiger partial charge < -0.3 is 5.32 Å². The molecule has 1 N–H and O–H groups in total. The molecule has 1 aromatic carbocycles. The average molecular weight is 363 g/mol. The maximum absolute atomic E-state index is 13.9. The van der Waals surface area contributed by atoms with E-state index in [-0.39, 0.29) is 30.9 Å². The molecule has 2 rings (SSSR count). The smallest absolute Gasteiger partial charge is 0.166 e. The van der Waals surface area contributed by atoms with Crippen molar-refractivity contribution in [1.29, 1.82) is 0 Å². The predicted octanol–water partition coefficient (Wildman–Crippen LogP) is 3.83. The van der Waals surface area contributed by atoms with Crippen LogP contribution in [-0.2, 0) is 0 Å². The first kappa shape index (κ1) is 21.4. The zero-order valence-electron chi connectivity index (χ0n) is 12.2. The molecule has 1 aliphatic heterocycles. The predicted molar refractivity (Wildman–Crippen MR) is 82.9 cm³/mol. The Labute approximate surface area is 140 Å². The molecule has 1 fully saturated rings. The molecular formula is C14H20Cl2F4N2. The fraction of sp³-hybridized carbons (Fsp3) is 0.571. The van der Waals surface area contributed by atoms with E-state index in [1.165, 1.54) is 0 Å². The van der Waals surface area contributed by atoms with E-state index in [1.54, 1.807) is 0 Å². The van der Waals surface area contributed by atoms with Gasteiger partial charge in [0.15, 0.2) is 23.3 Å². The molecule has 128 valence electrons. The van der Waals surface area contributed by atoms with Crippen LogP contribution >= 0.6 is 24.8 Å². The summed E-state index contributed by atoms with van der Waals surface area (Å²) in [6, 6.07) is -0.373. The van der Waals surface area contributed by atoms with E-state index < -0.39 is 34.9 Å². The largest absolute Gasteiger partial charge is 0.314 e. The van der Waals surface area contributed by atoms with Gasteiger partial charge in [-0.25, -0.2) is 17.6 Å². The second kappa shape index (κ2) is 9.55. The Morgan fingerprint density at radius 1 is 1.05 bits per heavy atom. The third-order valence-corrected chi connectivity index (χ3v) is 3.63. The highest BCUT2D eigenvalue weighted by Gasteiger charge is 2.30. The molecule has 0 saturated carbocycles. The Bertz CT molecular complexity index is 456. The fourth-order valence-corrected chi connectivity index (χ4v) is 2.66. The van der Waals surface area contributed by atoms with Crippen molar-refractivity contribution in [2.75, 3.05) is 26.2 Å². The quantitative estimate of drug-likeness (QED) is 0.646. The lowest BCUT2D eigenvalue weighted by Crippen LogP contribution is -2.45. The average Bonchev–Trinajstić information content (AvgIpc) is 2.45. The monoisotopic (exact) mass is 362 g/mol. The molecule has 0 aromatic heterocycles. The first-order valence-corrected chi connectivity index (χ1v) is 6.84. The highest BCUT2D eigenvalue weighted by atomic mass is 35.5. The molecular weight excluding hydrogens is 343 g/mol. The van der Waals surface area contributed by atoms with Gasteiger partial charge >= 0.3 is 0 Å². The molecule has 0 spiro atoms. The Hall–Kier alpha value is -0.560. The summed E-state index contributed by atoms with van der Waals surface area (Å²) in [5.74, 6) is -5.23. The van der Waals surface area contributed by atoms with E-state index in [1.807, 2.05) is 11.8 Å². The van der Waals surface area contributed by atoms with Gasteiger partial charge in [0, 0.05) is 43.9 Å². The van der Waals surface area contributed by atoms with Crippen LogP contribution in [0, 0.1) is 23.3 Å². The zero-order chi connectivity index (χ0) is 14.7. The van der Waals surface area contributed by atoms with Crippen LogP contribution in [0.3, 0.4) is 0 Å². The number of nitrogens with one attached hydrogen (secondary N) is 1. The lowest BCUT2D eigenvalue weighted by Gasteiger charge is -2.35. The summed E-state index contributed by atoms with van der Waals surface area (Å²) in [5, 5.41) is 3.14. The topological polar surface area (TPSA) is 15.3 Å². The molecule has 1 saturated heterocycles. The van der Waals surface area contributed by atoms with Gasteiger partial charge in [-0.15, -0.1) is 24.8 Å². The van der Waals surface area contributed by atoms with Crippen molar-refractivity contribution in [3.8, 4) is 0 Å². The molecule has 1 aliphatic rings. The Balaban J connectivity index is 0.00000220. The van der Waals surface area contributed by atoms with Crippen LogP contribution in [-0.4, -0.2) is 31.1 Å². The third-order valence-electron chi connectivity index (χ3n) is 3.63. The second-order valence-corrected chi connectivity index (χ2v) is 4.97. The summed E-state index contributed by atoms with van der Waals surface area (Å²) >= 11 is 0. The van der Waals surface area contributed by atoms with Crippen molar-refractivity contribution in [1.82, 2.24) is 10.2 Å². The Morgan fingerprint density at radius 2 is 1.55 bits per heavy atom. The van der Waals surface area contributed by atoms with Gasteiger partial charge in [-0.3, -0.25) is 4.90 Å². The molecule has 0 aliphatic carbocycles. The second-order valence-electron chi connectivity index (χ2n) is 4.97. The first-order chi connectivity index (χ1) is 9.56. The van der Waals surface area contributed by atoms with Gasteiger partial charge in [0.05, 0.1) is 0 Å². The van der Waals surface area contributed by atoms with Crippen molar-refractivity contribution in [2.45, 2.75) is 25.8 Å². The number of piperazine rings is 1. The minimum absolute atomic E-state index is 0. The molecule has 0 unspecified atom stereocenters. The van der Waals surface area contributed by atoms with Crippen LogP contribution in [0.5, 0.6) is 0 Å². The van der Waals surface area contributed by atoms with Gasteiger partial charge in [0.2, 0.25) is 0 Å². The molecule has 1 atom stereocenters. The van der Waals surface area contributed by atoms with Gasteiger partial charge in [0.25, 0.3) is 0 Å². The Morgan fingerprint density at radius 3 is 2.00 bits per heavy atom. The van der Waals surface area contributed by atoms with Crippen LogP contribution in [0.1, 0.15) is 31.4 Å². The van der Waals surface area contributed by atoms with Gasteiger partial charge in [-0.05, 0) is 6.42 Å². The normalized spacial score (nSPS) is 16.6. The lowest BCUT2D eigenvalue weighted by molar-refractivity contribution is 0.156.